The van der Waals surface area contributed by atoms with Crippen molar-refractivity contribution in [3.8, 4) is 11.5 Å². The van der Waals surface area contributed by atoms with Gasteiger partial charge in [-0.2, -0.15) is 11.8 Å². The van der Waals surface area contributed by atoms with Crippen LogP contribution in [0.4, 0.5) is 0 Å². The third kappa shape index (κ3) is 3.00. The monoisotopic (exact) mass is 279 g/mol. The minimum Gasteiger partial charge on any atom is -0.497 e. The van der Waals surface area contributed by atoms with Crippen molar-refractivity contribution in [1.29, 1.82) is 0 Å². The number of nitrogens with one attached hydrogen (secondary N) is 1. The van der Waals surface area contributed by atoms with Crippen molar-refractivity contribution >= 4 is 11.8 Å². The normalized spacial score (nSPS) is 23.5. The Labute approximate surface area is 119 Å². The zero-order valence-electron chi connectivity index (χ0n) is 11.4. The first kappa shape index (κ1) is 13.1. The van der Waals surface area contributed by atoms with Gasteiger partial charge in [0.15, 0.2) is 0 Å². The molecule has 1 fully saturated rings. The van der Waals surface area contributed by atoms with Crippen LogP contribution in [0, 0.1) is 0 Å². The van der Waals surface area contributed by atoms with Crippen LogP contribution in [0.1, 0.15) is 30.9 Å². The molecule has 1 unspecified atom stereocenters. The first-order chi connectivity index (χ1) is 9.36. The number of ether oxygens (including phenoxy) is 2. The molecule has 2 aliphatic heterocycles. The highest BCUT2D eigenvalue weighted by atomic mass is 32.2. The molecule has 0 radical (unpaired) electrons. The summed E-state index contributed by atoms with van der Waals surface area (Å²) in [6.07, 6.45) is 3.60. The molecule has 0 aliphatic carbocycles. The summed E-state index contributed by atoms with van der Waals surface area (Å²) >= 11 is 2.07. The van der Waals surface area contributed by atoms with Gasteiger partial charge in [0, 0.05) is 24.1 Å². The lowest BCUT2D eigenvalue weighted by Crippen LogP contribution is -2.37. The molecule has 2 heterocycles. The van der Waals surface area contributed by atoms with Gasteiger partial charge in [0.25, 0.3) is 0 Å². The maximum Gasteiger partial charge on any atom is 0.124 e. The average molecular weight is 279 g/mol. The molecule has 0 aromatic heterocycles. The summed E-state index contributed by atoms with van der Waals surface area (Å²) in [5, 5.41) is 3.82. The van der Waals surface area contributed by atoms with E-state index in [1.165, 1.54) is 29.9 Å². The van der Waals surface area contributed by atoms with Crippen LogP contribution >= 0.6 is 11.8 Å². The molecule has 19 heavy (non-hydrogen) atoms. The zero-order chi connectivity index (χ0) is 13.1. The van der Waals surface area contributed by atoms with E-state index < -0.39 is 0 Å². The second-order valence-corrected chi connectivity index (χ2v) is 6.37. The van der Waals surface area contributed by atoms with E-state index in [-0.39, 0.29) is 0 Å². The molecule has 2 aliphatic rings. The fraction of sp³-hybridized carbons (Fsp3) is 0.600. The third-order valence-electron chi connectivity index (χ3n) is 3.91. The summed E-state index contributed by atoms with van der Waals surface area (Å²) in [4.78, 5) is 0. The molecule has 4 heteroatoms. The number of hydrogen-bond donors (Lipinski definition) is 1. The minimum atomic E-state index is 0.409. The number of rotatable bonds is 3. The fourth-order valence-corrected chi connectivity index (χ4v) is 3.93. The van der Waals surface area contributed by atoms with E-state index in [1.54, 1.807) is 7.11 Å². The van der Waals surface area contributed by atoms with Gasteiger partial charge < -0.3 is 14.8 Å². The SMILES string of the molecule is COc1ccc2c(c1)C(NC1CCSCC1)CCO2. The lowest BCUT2D eigenvalue weighted by Gasteiger charge is -2.32. The summed E-state index contributed by atoms with van der Waals surface area (Å²) in [6.45, 7) is 0.804. The molecule has 0 bridgehead atoms. The number of hydrogen-bond acceptors (Lipinski definition) is 4. The van der Waals surface area contributed by atoms with E-state index in [0.29, 0.717) is 12.1 Å². The van der Waals surface area contributed by atoms with Gasteiger partial charge >= 0.3 is 0 Å². The summed E-state index contributed by atoms with van der Waals surface area (Å²) in [5.41, 5.74) is 1.25. The predicted octanol–water partition coefficient (Wildman–Crippen LogP) is 3.00. The van der Waals surface area contributed by atoms with Crippen molar-refractivity contribution in [3.05, 3.63) is 23.8 Å². The molecule has 1 aromatic carbocycles. The van der Waals surface area contributed by atoms with E-state index in [1.807, 2.05) is 12.1 Å². The Morgan fingerprint density at radius 1 is 1.26 bits per heavy atom. The lowest BCUT2D eigenvalue weighted by atomic mass is 9.98. The predicted molar refractivity (Wildman–Crippen MR) is 79.3 cm³/mol. The number of benzene rings is 1. The quantitative estimate of drug-likeness (QED) is 0.921. The molecule has 0 spiro atoms. The van der Waals surface area contributed by atoms with Gasteiger partial charge in [-0.05, 0) is 42.5 Å². The molecular weight excluding hydrogens is 258 g/mol. The maximum absolute atomic E-state index is 5.74. The van der Waals surface area contributed by atoms with Crippen LogP contribution in [0.2, 0.25) is 0 Å². The first-order valence-corrected chi connectivity index (χ1v) is 8.17. The fourth-order valence-electron chi connectivity index (χ4n) is 2.82. The molecule has 1 aromatic rings. The standard InChI is InChI=1S/C15H21NO2S/c1-17-12-2-3-15-13(10-12)14(4-7-18-15)16-11-5-8-19-9-6-11/h2-3,10-11,14,16H,4-9H2,1H3. The molecule has 3 rings (SSSR count). The molecular formula is C15H21NO2S. The van der Waals surface area contributed by atoms with Crippen molar-refractivity contribution < 1.29 is 9.47 Å². The largest absolute Gasteiger partial charge is 0.497 e. The Hall–Kier alpha value is -0.870. The molecule has 3 nitrogen and oxygen atoms in total. The highest BCUT2D eigenvalue weighted by molar-refractivity contribution is 7.99. The Morgan fingerprint density at radius 3 is 2.89 bits per heavy atom. The highest BCUT2D eigenvalue weighted by Crippen LogP contribution is 2.35. The van der Waals surface area contributed by atoms with Crippen LogP contribution in [0.3, 0.4) is 0 Å². The molecule has 0 amide bonds. The van der Waals surface area contributed by atoms with Gasteiger partial charge in [-0.1, -0.05) is 0 Å². The van der Waals surface area contributed by atoms with Crippen molar-refractivity contribution in [2.75, 3.05) is 25.2 Å². The number of thioether (sulfide) groups is 1. The van der Waals surface area contributed by atoms with Gasteiger partial charge in [0.1, 0.15) is 11.5 Å². The Bertz CT molecular complexity index is 432. The van der Waals surface area contributed by atoms with Gasteiger partial charge in [-0.25, -0.2) is 0 Å². The van der Waals surface area contributed by atoms with E-state index in [2.05, 4.69) is 23.1 Å². The third-order valence-corrected chi connectivity index (χ3v) is 4.96. The second-order valence-electron chi connectivity index (χ2n) is 5.15. The first-order valence-electron chi connectivity index (χ1n) is 7.01. The van der Waals surface area contributed by atoms with Crippen LogP contribution in [0.5, 0.6) is 11.5 Å². The van der Waals surface area contributed by atoms with Gasteiger partial charge in [0.05, 0.1) is 13.7 Å². The van der Waals surface area contributed by atoms with Crippen molar-refractivity contribution in [2.45, 2.75) is 31.3 Å². The van der Waals surface area contributed by atoms with Gasteiger partial charge in [-0.15, -0.1) is 0 Å². The Balaban J connectivity index is 1.76. The smallest absolute Gasteiger partial charge is 0.124 e. The zero-order valence-corrected chi connectivity index (χ0v) is 12.2. The van der Waals surface area contributed by atoms with Crippen molar-refractivity contribution in [3.63, 3.8) is 0 Å². The Morgan fingerprint density at radius 2 is 2.11 bits per heavy atom. The maximum atomic E-state index is 5.74. The number of fused-ring (bicyclic) bond motifs is 1. The van der Waals surface area contributed by atoms with E-state index >= 15 is 0 Å². The topological polar surface area (TPSA) is 30.5 Å². The summed E-state index contributed by atoms with van der Waals surface area (Å²) in [7, 11) is 1.71. The minimum absolute atomic E-state index is 0.409. The van der Waals surface area contributed by atoms with Crippen LogP contribution in [0.25, 0.3) is 0 Å². The average Bonchev–Trinajstić information content (AvgIpc) is 2.48. The summed E-state index contributed by atoms with van der Waals surface area (Å²) in [5.74, 6) is 4.49. The highest BCUT2D eigenvalue weighted by Gasteiger charge is 2.25. The number of methoxy groups -OCH3 is 1. The molecule has 1 saturated heterocycles. The van der Waals surface area contributed by atoms with Gasteiger partial charge in [0.2, 0.25) is 0 Å². The van der Waals surface area contributed by atoms with Crippen molar-refractivity contribution in [1.82, 2.24) is 5.32 Å². The molecule has 1 atom stereocenters. The summed E-state index contributed by atoms with van der Waals surface area (Å²) in [6, 6.07) is 7.18. The molecule has 104 valence electrons. The lowest BCUT2D eigenvalue weighted by molar-refractivity contribution is 0.240. The van der Waals surface area contributed by atoms with Crippen LogP contribution in [-0.4, -0.2) is 31.3 Å². The van der Waals surface area contributed by atoms with E-state index in [0.717, 1.165) is 24.5 Å². The van der Waals surface area contributed by atoms with E-state index in [9.17, 15) is 0 Å². The second kappa shape index (κ2) is 6.06. The molecule has 1 N–H and O–H groups in total. The van der Waals surface area contributed by atoms with Crippen LogP contribution in [0.15, 0.2) is 18.2 Å². The van der Waals surface area contributed by atoms with Crippen molar-refractivity contribution in [2.24, 2.45) is 0 Å². The van der Waals surface area contributed by atoms with Gasteiger partial charge in [-0.3, -0.25) is 0 Å². The Kier molecular flexibility index (Phi) is 4.18. The van der Waals surface area contributed by atoms with E-state index in [4.69, 9.17) is 9.47 Å². The van der Waals surface area contributed by atoms with Crippen LogP contribution < -0.4 is 14.8 Å². The molecule has 0 saturated carbocycles. The summed E-state index contributed by atoms with van der Waals surface area (Å²) < 4.78 is 11.1. The van der Waals surface area contributed by atoms with Crippen LogP contribution in [-0.2, 0) is 0 Å².